The first-order valence-electron chi connectivity index (χ1n) is 10.8. The molecule has 0 spiro atoms. The summed E-state index contributed by atoms with van der Waals surface area (Å²) in [5, 5.41) is 2.66. The van der Waals surface area contributed by atoms with Gasteiger partial charge in [0.2, 0.25) is 5.78 Å². The van der Waals surface area contributed by atoms with Crippen molar-refractivity contribution in [1.29, 1.82) is 0 Å². The van der Waals surface area contributed by atoms with Crippen LogP contribution in [0.15, 0.2) is 66.7 Å². The molecule has 4 heteroatoms. The largest absolute Gasteiger partial charge is 0.454 e. The lowest BCUT2D eigenvalue weighted by molar-refractivity contribution is 0.0476. The number of para-hydroxylation sites is 1. The van der Waals surface area contributed by atoms with Crippen LogP contribution in [-0.2, 0) is 17.6 Å². The normalized spacial score (nSPS) is 13.5. The third kappa shape index (κ3) is 3.70. The van der Waals surface area contributed by atoms with E-state index in [-0.39, 0.29) is 12.4 Å². The van der Waals surface area contributed by atoms with Gasteiger partial charge in [0, 0.05) is 16.6 Å². The zero-order valence-corrected chi connectivity index (χ0v) is 17.3. The van der Waals surface area contributed by atoms with Gasteiger partial charge in [0.15, 0.2) is 6.61 Å². The van der Waals surface area contributed by atoms with Crippen LogP contribution in [0.1, 0.15) is 51.2 Å². The van der Waals surface area contributed by atoms with E-state index in [1.807, 2.05) is 60.7 Å². The topological polar surface area (TPSA) is 56.3 Å². The average Bonchev–Trinajstić information content (AvgIpc) is 3.05. The molecule has 0 fully saturated rings. The zero-order valence-electron chi connectivity index (χ0n) is 17.3. The van der Waals surface area contributed by atoms with Crippen molar-refractivity contribution >= 4 is 33.4 Å². The molecule has 1 heterocycles. The molecular weight excluding hydrogens is 386 g/mol. The first kappa shape index (κ1) is 19.4. The molecule has 0 N–H and O–H groups in total. The van der Waals surface area contributed by atoms with Crippen LogP contribution in [0, 0.1) is 0 Å². The quantitative estimate of drug-likeness (QED) is 0.247. The van der Waals surface area contributed by atoms with Gasteiger partial charge in [-0.2, -0.15) is 0 Å². The van der Waals surface area contributed by atoms with Gasteiger partial charge >= 0.3 is 5.97 Å². The Morgan fingerprint density at radius 2 is 1.55 bits per heavy atom. The maximum absolute atomic E-state index is 13.2. The Kier molecular flexibility index (Phi) is 5.21. The Bertz CT molecular complexity index is 1300. The summed E-state index contributed by atoms with van der Waals surface area (Å²) in [7, 11) is 0. The third-order valence-electron chi connectivity index (χ3n) is 6.05. The van der Waals surface area contributed by atoms with Crippen molar-refractivity contribution in [3.63, 3.8) is 0 Å². The Morgan fingerprint density at radius 1 is 0.806 bits per heavy atom. The zero-order chi connectivity index (χ0) is 21.2. The fraction of sp³-hybridized carbons (Fsp3) is 0.222. The number of aromatic nitrogens is 1. The van der Waals surface area contributed by atoms with Crippen molar-refractivity contribution < 1.29 is 14.3 Å². The third-order valence-corrected chi connectivity index (χ3v) is 6.05. The molecule has 1 aromatic heterocycles. The molecular formula is C27H23NO3. The summed E-state index contributed by atoms with van der Waals surface area (Å²) in [6, 6.07) is 21.0. The van der Waals surface area contributed by atoms with E-state index in [9.17, 15) is 9.59 Å². The Labute approximate surface area is 180 Å². The number of aryl methyl sites for hydroxylation is 1. The molecule has 0 saturated carbocycles. The second kappa shape index (κ2) is 8.31. The van der Waals surface area contributed by atoms with E-state index >= 15 is 0 Å². The van der Waals surface area contributed by atoms with Crippen LogP contribution in [0.4, 0.5) is 0 Å². The van der Waals surface area contributed by atoms with E-state index < -0.39 is 5.97 Å². The first-order valence-corrected chi connectivity index (χ1v) is 10.8. The maximum atomic E-state index is 13.2. The number of hydrogen-bond acceptors (Lipinski definition) is 4. The Morgan fingerprint density at radius 3 is 2.45 bits per heavy atom. The Balaban J connectivity index is 1.47. The summed E-state index contributed by atoms with van der Waals surface area (Å²) in [5.74, 6) is -0.639. The number of benzene rings is 3. The second-order valence-electron chi connectivity index (χ2n) is 8.02. The van der Waals surface area contributed by atoms with E-state index in [1.54, 1.807) is 6.07 Å². The van der Waals surface area contributed by atoms with Gasteiger partial charge in [-0.25, -0.2) is 4.79 Å². The highest BCUT2D eigenvalue weighted by atomic mass is 16.5. The molecule has 0 unspecified atom stereocenters. The van der Waals surface area contributed by atoms with Gasteiger partial charge in [-0.3, -0.25) is 9.78 Å². The maximum Gasteiger partial charge on any atom is 0.339 e. The number of pyridine rings is 1. The van der Waals surface area contributed by atoms with Gasteiger partial charge in [0.25, 0.3) is 0 Å². The number of ketones is 1. The number of carbonyl (C=O) groups excluding carboxylic acids is 2. The number of fused-ring (bicyclic) bond motifs is 3. The van der Waals surface area contributed by atoms with Gasteiger partial charge < -0.3 is 4.74 Å². The Hall–Kier alpha value is -3.53. The van der Waals surface area contributed by atoms with Crippen molar-refractivity contribution in [3.8, 4) is 0 Å². The lowest BCUT2D eigenvalue weighted by Crippen LogP contribution is -2.17. The van der Waals surface area contributed by atoms with Crippen molar-refractivity contribution in [1.82, 2.24) is 4.98 Å². The monoisotopic (exact) mass is 409 g/mol. The molecule has 0 aliphatic heterocycles. The van der Waals surface area contributed by atoms with Crippen LogP contribution < -0.4 is 0 Å². The number of esters is 1. The molecule has 4 aromatic rings. The highest BCUT2D eigenvalue weighted by Crippen LogP contribution is 2.29. The van der Waals surface area contributed by atoms with E-state index in [4.69, 9.17) is 9.72 Å². The van der Waals surface area contributed by atoms with Crippen LogP contribution in [0.25, 0.3) is 21.7 Å². The summed E-state index contributed by atoms with van der Waals surface area (Å²) < 4.78 is 5.59. The fourth-order valence-corrected chi connectivity index (χ4v) is 4.53. The number of ether oxygens (including phenoxy) is 1. The minimum atomic E-state index is -0.440. The number of nitrogens with zero attached hydrogens (tertiary/aromatic N) is 1. The van der Waals surface area contributed by atoms with Gasteiger partial charge in [-0.15, -0.1) is 0 Å². The molecule has 5 rings (SSSR count). The SMILES string of the molecule is O=C(COC(=O)c1c2c(nc3ccccc13)CCCCC2)c1cccc2ccccc12. The van der Waals surface area contributed by atoms with Crippen LogP contribution in [0.3, 0.4) is 0 Å². The number of Topliss-reactive ketones (excluding diaryl/α,β-unsaturated/α-hetero) is 1. The highest BCUT2D eigenvalue weighted by molar-refractivity contribution is 6.10. The standard InChI is InChI=1S/C27H23NO3/c29-25(20-14-8-10-18-9-4-5-11-19(18)20)17-31-27(30)26-21-12-2-1-3-15-23(21)28-24-16-7-6-13-22(24)26/h4-11,13-14,16H,1-3,12,15,17H2. The van der Waals surface area contributed by atoms with Gasteiger partial charge in [0.1, 0.15) is 0 Å². The van der Waals surface area contributed by atoms with E-state index in [0.717, 1.165) is 65.0 Å². The summed E-state index contributed by atoms with van der Waals surface area (Å²) in [6.07, 6.45) is 4.92. The van der Waals surface area contributed by atoms with Gasteiger partial charge in [-0.05, 0) is 48.1 Å². The molecule has 0 saturated heterocycles. The minimum Gasteiger partial charge on any atom is -0.454 e. The lowest BCUT2D eigenvalue weighted by Gasteiger charge is -2.15. The van der Waals surface area contributed by atoms with E-state index in [2.05, 4.69) is 0 Å². The molecule has 0 radical (unpaired) electrons. The molecule has 0 bridgehead atoms. The second-order valence-corrected chi connectivity index (χ2v) is 8.02. The highest BCUT2D eigenvalue weighted by Gasteiger charge is 2.23. The van der Waals surface area contributed by atoms with E-state index in [0.29, 0.717) is 11.1 Å². The molecule has 4 nitrogen and oxygen atoms in total. The molecule has 1 aliphatic carbocycles. The molecule has 31 heavy (non-hydrogen) atoms. The summed E-state index contributed by atoms with van der Waals surface area (Å²) in [5.41, 5.74) is 3.93. The van der Waals surface area contributed by atoms with Crippen molar-refractivity contribution in [2.24, 2.45) is 0 Å². The summed E-state index contributed by atoms with van der Waals surface area (Å²) in [6.45, 7) is -0.279. The summed E-state index contributed by atoms with van der Waals surface area (Å²) in [4.78, 5) is 31.0. The van der Waals surface area contributed by atoms with Gasteiger partial charge in [-0.1, -0.05) is 67.1 Å². The molecule has 0 amide bonds. The minimum absolute atomic E-state index is 0.199. The number of rotatable bonds is 4. The molecule has 154 valence electrons. The van der Waals surface area contributed by atoms with Crippen LogP contribution in [-0.4, -0.2) is 23.3 Å². The summed E-state index contributed by atoms with van der Waals surface area (Å²) >= 11 is 0. The van der Waals surface area contributed by atoms with Crippen LogP contribution >= 0.6 is 0 Å². The first-order chi connectivity index (χ1) is 15.2. The number of carbonyl (C=O) groups is 2. The van der Waals surface area contributed by atoms with Crippen molar-refractivity contribution in [2.45, 2.75) is 32.1 Å². The number of hydrogen-bond donors (Lipinski definition) is 0. The van der Waals surface area contributed by atoms with E-state index in [1.165, 1.54) is 0 Å². The molecule has 0 atom stereocenters. The smallest absolute Gasteiger partial charge is 0.339 e. The predicted molar refractivity (Wildman–Crippen MR) is 122 cm³/mol. The van der Waals surface area contributed by atoms with Crippen LogP contribution in [0.5, 0.6) is 0 Å². The predicted octanol–water partition coefficient (Wildman–Crippen LogP) is 5.70. The average molecular weight is 409 g/mol. The van der Waals surface area contributed by atoms with Crippen molar-refractivity contribution in [2.75, 3.05) is 6.61 Å². The van der Waals surface area contributed by atoms with Gasteiger partial charge in [0.05, 0.1) is 11.1 Å². The fourth-order valence-electron chi connectivity index (χ4n) is 4.53. The van der Waals surface area contributed by atoms with Crippen molar-refractivity contribution in [3.05, 3.63) is 89.1 Å². The molecule has 3 aromatic carbocycles. The van der Waals surface area contributed by atoms with Crippen LogP contribution in [0.2, 0.25) is 0 Å². The lowest BCUT2D eigenvalue weighted by atomic mass is 9.97. The molecule has 1 aliphatic rings.